The number of hydrogen-bond acceptors (Lipinski definition) is 3. The van der Waals surface area contributed by atoms with Gasteiger partial charge in [0.2, 0.25) is 0 Å². The normalized spacial score (nSPS) is 10.4. The third-order valence-electron chi connectivity index (χ3n) is 2.17. The van der Waals surface area contributed by atoms with Gasteiger partial charge in [0.15, 0.2) is 0 Å². The van der Waals surface area contributed by atoms with E-state index in [0.29, 0.717) is 17.7 Å². The molecule has 0 aliphatic heterocycles. The van der Waals surface area contributed by atoms with Crippen LogP contribution >= 0.6 is 15.9 Å². The number of rotatable bonds is 2. The fourth-order valence-electron chi connectivity index (χ4n) is 1.51. The summed E-state index contributed by atoms with van der Waals surface area (Å²) in [6.45, 7) is 2.15. The molecular weight excluding hydrogens is 270 g/mol. The molecule has 0 unspecified atom stereocenters. The molecule has 3 nitrogen and oxygen atoms in total. The minimum atomic E-state index is -0.331. The van der Waals surface area contributed by atoms with E-state index in [9.17, 15) is 4.79 Å². The van der Waals surface area contributed by atoms with Gasteiger partial charge in [-0.25, -0.2) is 4.79 Å². The van der Waals surface area contributed by atoms with E-state index in [1.807, 2.05) is 18.2 Å². The molecule has 16 heavy (non-hydrogen) atoms. The van der Waals surface area contributed by atoms with Crippen LogP contribution in [0.5, 0.6) is 0 Å². The molecule has 82 valence electrons. The highest BCUT2D eigenvalue weighted by Crippen LogP contribution is 2.20. The Hall–Kier alpha value is -1.42. The Morgan fingerprint density at radius 3 is 3.06 bits per heavy atom. The molecule has 0 saturated carbocycles. The van der Waals surface area contributed by atoms with Crippen LogP contribution in [-0.4, -0.2) is 17.6 Å². The number of para-hydroxylation sites is 1. The van der Waals surface area contributed by atoms with E-state index < -0.39 is 0 Å². The Morgan fingerprint density at radius 2 is 2.31 bits per heavy atom. The molecule has 0 aliphatic carbocycles. The maximum atomic E-state index is 11.7. The summed E-state index contributed by atoms with van der Waals surface area (Å²) in [5.74, 6) is -0.331. The van der Waals surface area contributed by atoms with Crippen LogP contribution in [0.2, 0.25) is 0 Å². The van der Waals surface area contributed by atoms with E-state index in [1.165, 1.54) is 0 Å². The van der Waals surface area contributed by atoms with E-state index in [0.717, 1.165) is 9.86 Å². The summed E-state index contributed by atoms with van der Waals surface area (Å²) in [6.07, 6.45) is 1.67. The Kier molecular flexibility index (Phi) is 3.19. The molecule has 4 heteroatoms. The number of halogens is 1. The number of nitrogens with zero attached hydrogens (tertiary/aromatic N) is 1. The lowest BCUT2D eigenvalue weighted by molar-refractivity contribution is 0.0528. The molecule has 0 fully saturated rings. The maximum absolute atomic E-state index is 11.7. The molecule has 0 atom stereocenters. The molecule has 1 heterocycles. The smallest absolute Gasteiger partial charge is 0.340 e. The summed E-state index contributed by atoms with van der Waals surface area (Å²) >= 11 is 3.35. The first-order valence-electron chi connectivity index (χ1n) is 4.93. The van der Waals surface area contributed by atoms with Crippen LogP contribution < -0.4 is 0 Å². The lowest BCUT2D eigenvalue weighted by Gasteiger charge is -2.05. The van der Waals surface area contributed by atoms with Crippen LogP contribution in [0.4, 0.5) is 0 Å². The average Bonchev–Trinajstić information content (AvgIpc) is 2.28. The highest BCUT2D eigenvalue weighted by molar-refractivity contribution is 9.10. The van der Waals surface area contributed by atoms with Gasteiger partial charge in [-0.3, -0.25) is 4.98 Å². The Bertz CT molecular complexity index is 540. The van der Waals surface area contributed by atoms with E-state index in [-0.39, 0.29) is 5.97 Å². The van der Waals surface area contributed by atoms with Gasteiger partial charge in [0.1, 0.15) is 0 Å². The van der Waals surface area contributed by atoms with Gasteiger partial charge in [0.05, 0.1) is 17.7 Å². The van der Waals surface area contributed by atoms with Crippen molar-refractivity contribution in [2.45, 2.75) is 6.92 Å². The SMILES string of the molecule is CCOC(=O)c1cccc2cc(Br)cnc12. The molecule has 0 N–H and O–H groups in total. The number of ether oxygens (including phenoxy) is 1. The zero-order valence-electron chi connectivity index (χ0n) is 8.74. The summed E-state index contributed by atoms with van der Waals surface area (Å²) in [4.78, 5) is 15.9. The van der Waals surface area contributed by atoms with Crippen molar-refractivity contribution in [1.82, 2.24) is 4.98 Å². The van der Waals surface area contributed by atoms with Gasteiger partial charge in [-0.05, 0) is 35.0 Å². The molecule has 2 rings (SSSR count). The van der Waals surface area contributed by atoms with Crippen molar-refractivity contribution < 1.29 is 9.53 Å². The molecule has 0 aliphatic rings. The summed E-state index contributed by atoms with van der Waals surface area (Å²) in [6, 6.07) is 7.38. The second-order valence-corrected chi connectivity index (χ2v) is 4.17. The minimum Gasteiger partial charge on any atom is -0.462 e. The topological polar surface area (TPSA) is 39.2 Å². The first-order chi connectivity index (χ1) is 7.72. The summed E-state index contributed by atoms with van der Waals surface area (Å²) < 4.78 is 5.87. The standard InChI is InChI=1S/C12H10BrNO2/c1-2-16-12(15)10-5-3-4-8-6-9(13)7-14-11(8)10/h3-7H,2H2,1H3. The van der Waals surface area contributed by atoms with Crippen LogP contribution in [0.15, 0.2) is 34.9 Å². The number of carbonyl (C=O) groups excluding carboxylic acids is 1. The molecule has 2 aromatic rings. The summed E-state index contributed by atoms with van der Waals surface area (Å²) in [5, 5.41) is 0.917. The Morgan fingerprint density at radius 1 is 1.50 bits per heavy atom. The number of fused-ring (bicyclic) bond motifs is 1. The highest BCUT2D eigenvalue weighted by atomic mass is 79.9. The van der Waals surface area contributed by atoms with Crippen LogP contribution in [0.3, 0.4) is 0 Å². The number of hydrogen-bond donors (Lipinski definition) is 0. The van der Waals surface area contributed by atoms with Crippen molar-refractivity contribution in [2.75, 3.05) is 6.61 Å². The van der Waals surface area contributed by atoms with Gasteiger partial charge in [0.25, 0.3) is 0 Å². The van der Waals surface area contributed by atoms with Crippen molar-refractivity contribution in [3.8, 4) is 0 Å². The number of carbonyl (C=O) groups is 1. The van der Waals surface area contributed by atoms with Gasteiger partial charge < -0.3 is 4.74 Å². The van der Waals surface area contributed by atoms with Crippen LogP contribution in [-0.2, 0) is 4.74 Å². The lowest BCUT2D eigenvalue weighted by atomic mass is 10.1. The third-order valence-corrected chi connectivity index (χ3v) is 2.61. The molecule has 1 aromatic heterocycles. The first-order valence-corrected chi connectivity index (χ1v) is 5.73. The van der Waals surface area contributed by atoms with Crippen LogP contribution in [0.1, 0.15) is 17.3 Å². The van der Waals surface area contributed by atoms with Gasteiger partial charge >= 0.3 is 5.97 Å². The summed E-state index contributed by atoms with van der Waals surface area (Å²) in [5.41, 5.74) is 1.18. The second-order valence-electron chi connectivity index (χ2n) is 3.25. The van der Waals surface area contributed by atoms with Crippen molar-refractivity contribution in [3.05, 3.63) is 40.5 Å². The van der Waals surface area contributed by atoms with Gasteiger partial charge in [-0.2, -0.15) is 0 Å². The summed E-state index contributed by atoms with van der Waals surface area (Å²) in [7, 11) is 0. The predicted molar refractivity (Wildman–Crippen MR) is 65.4 cm³/mol. The molecule has 0 bridgehead atoms. The molecule has 0 saturated heterocycles. The van der Waals surface area contributed by atoms with E-state index >= 15 is 0 Å². The number of benzene rings is 1. The Labute approximate surface area is 102 Å². The van der Waals surface area contributed by atoms with Crippen molar-refractivity contribution >= 4 is 32.8 Å². The molecule has 0 amide bonds. The first kappa shape index (κ1) is 11.1. The zero-order valence-corrected chi connectivity index (χ0v) is 10.3. The molecule has 0 spiro atoms. The van der Waals surface area contributed by atoms with Crippen LogP contribution in [0.25, 0.3) is 10.9 Å². The number of pyridine rings is 1. The zero-order chi connectivity index (χ0) is 11.5. The van der Waals surface area contributed by atoms with Gasteiger partial charge in [0, 0.05) is 16.1 Å². The third kappa shape index (κ3) is 2.07. The predicted octanol–water partition coefficient (Wildman–Crippen LogP) is 3.17. The highest BCUT2D eigenvalue weighted by Gasteiger charge is 2.11. The van der Waals surface area contributed by atoms with E-state index in [1.54, 1.807) is 19.2 Å². The fraction of sp³-hybridized carbons (Fsp3) is 0.167. The molecular formula is C12H10BrNO2. The average molecular weight is 280 g/mol. The number of esters is 1. The second kappa shape index (κ2) is 4.61. The molecule has 0 radical (unpaired) electrons. The Balaban J connectivity index is 2.58. The van der Waals surface area contributed by atoms with Crippen LogP contribution in [0, 0.1) is 0 Å². The quantitative estimate of drug-likeness (QED) is 0.793. The minimum absolute atomic E-state index is 0.331. The maximum Gasteiger partial charge on any atom is 0.340 e. The van der Waals surface area contributed by atoms with Crippen molar-refractivity contribution in [1.29, 1.82) is 0 Å². The molecule has 1 aromatic carbocycles. The lowest BCUT2D eigenvalue weighted by Crippen LogP contribution is -2.05. The largest absolute Gasteiger partial charge is 0.462 e. The van der Waals surface area contributed by atoms with Gasteiger partial charge in [-0.1, -0.05) is 12.1 Å². The van der Waals surface area contributed by atoms with Crippen molar-refractivity contribution in [3.63, 3.8) is 0 Å². The van der Waals surface area contributed by atoms with Gasteiger partial charge in [-0.15, -0.1) is 0 Å². The fourth-order valence-corrected chi connectivity index (χ4v) is 1.86. The monoisotopic (exact) mass is 279 g/mol. The number of aromatic nitrogens is 1. The van der Waals surface area contributed by atoms with Crippen molar-refractivity contribution in [2.24, 2.45) is 0 Å². The van der Waals surface area contributed by atoms with E-state index in [2.05, 4.69) is 20.9 Å². The van der Waals surface area contributed by atoms with E-state index in [4.69, 9.17) is 4.74 Å².